The van der Waals surface area contributed by atoms with Crippen LogP contribution in [0.25, 0.3) is 11.5 Å². The third kappa shape index (κ3) is 1.77. The number of nitrogens with two attached hydrogens (primary N) is 1. The molecule has 0 saturated heterocycles. The Kier molecular flexibility index (Phi) is 2.14. The molecule has 1 aromatic heterocycles. The van der Waals surface area contributed by atoms with Gasteiger partial charge in [-0.2, -0.15) is 4.98 Å². The molecule has 2 aromatic rings. The number of nitrogens with zero attached hydrogens (tertiary/aromatic N) is 2. The van der Waals surface area contributed by atoms with E-state index >= 15 is 0 Å². The van der Waals surface area contributed by atoms with Crippen molar-refractivity contribution in [3.05, 3.63) is 29.8 Å². The summed E-state index contributed by atoms with van der Waals surface area (Å²) >= 11 is 0. The summed E-state index contributed by atoms with van der Waals surface area (Å²) in [6, 6.07) is 4.42. The predicted octanol–water partition coefficient (Wildman–Crippen LogP) is 2.58. The van der Waals surface area contributed by atoms with Crippen LogP contribution in [0.1, 0.15) is 25.1 Å². The van der Waals surface area contributed by atoms with Crippen LogP contribution in [-0.4, -0.2) is 10.1 Å². The molecular formula is C12H12FN3O. The van der Waals surface area contributed by atoms with Crippen molar-refractivity contribution in [3.63, 3.8) is 0 Å². The van der Waals surface area contributed by atoms with Gasteiger partial charge in [0, 0.05) is 11.6 Å². The van der Waals surface area contributed by atoms with Gasteiger partial charge in [0.05, 0.1) is 5.56 Å². The Morgan fingerprint density at radius 3 is 2.88 bits per heavy atom. The topological polar surface area (TPSA) is 64.9 Å². The fourth-order valence-electron chi connectivity index (χ4n) is 1.88. The first kappa shape index (κ1) is 10.3. The van der Waals surface area contributed by atoms with Crippen molar-refractivity contribution in [2.24, 2.45) is 5.92 Å². The van der Waals surface area contributed by atoms with Gasteiger partial charge in [-0.1, -0.05) is 12.1 Å². The minimum atomic E-state index is -0.441. The van der Waals surface area contributed by atoms with Gasteiger partial charge in [0.25, 0.3) is 5.89 Å². The van der Waals surface area contributed by atoms with Crippen LogP contribution < -0.4 is 5.73 Å². The lowest BCUT2D eigenvalue weighted by Gasteiger charge is -1.97. The highest BCUT2D eigenvalue weighted by Gasteiger charge is 2.38. The van der Waals surface area contributed by atoms with Crippen molar-refractivity contribution in [1.29, 1.82) is 0 Å². The van der Waals surface area contributed by atoms with Crippen LogP contribution in [0, 0.1) is 11.7 Å². The summed E-state index contributed by atoms with van der Waals surface area (Å²) < 4.78 is 18.7. The van der Waals surface area contributed by atoms with Gasteiger partial charge in [-0.25, -0.2) is 4.39 Å². The molecule has 1 fully saturated rings. The van der Waals surface area contributed by atoms with Crippen LogP contribution in [0.2, 0.25) is 0 Å². The minimum absolute atomic E-state index is 0.219. The zero-order valence-corrected chi connectivity index (χ0v) is 9.35. The van der Waals surface area contributed by atoms with Crippen LogP contribution in [0.4, 0.5) is 10.1 Å². The van der Waals surface area contributed by atoms with E-state index in [0.29, 0.717) is 28.9 Å². The molecule has 1 aliphatic carbocycles. The number of halogens is 1. The Balaban J connectivity index is 1.95. The number of anilines is 1. The number of hydrogen-bond acceptors (Lipinski definition) is 4. The molecule has 0 amide bonds. The maximum atomic E-state index is 13.6. The van der Waals surface area contributed by atoms with Crippen molar-refractivity contribution in [2.45, 2.75) is 19.3 Å². The van der Waals surface area contributed by atoms with Gasteiger partial charge in [-0.05, 0) is 30.5 Å². The number of rotatable bonds is 2. The Bertz CT molecular complexity index is 567. The monoisotopic (exact) mass is 233 g/mol. The first-order chi connectivity index (χ1) is 8.15. The predicted molar refractivity (Wildman–Crippen MR) is 60.6 cm³/mol. The van der Waals surface area contributed by atoms with Gasteiger partial charge in [0.1, 0.15) is 5.82 Å². The van der Waals surface area contributed by atoms with Crippen LogP contribution in [0.3, 0.4) is 0 Å². The lowest BCUT2D eigenvalue weighted by Crippen LogP contribution is -1.90. The van der Waals surface area contributed by atoms with Crippen molar-refractivity contribution in [2.75, 3.05) is 5.73 Å². The highest BCUT2D eigenvalue weighted by molar-refractivity contribution is 5.58. The number of aromatic nitrogens is 2. The number of hydrogen-bond donors (Lipinski definition) is 1. The zero-order valence-electron chi connectivity index (χ0n) is 9.35. The van der Waals surface area contributed by atoms with Gasteiger partial charge in [-0.3, -0.25) is 0 Å². The van der Waals surface area contributed by atoms with E-state index in [9.17, 15) is 4.39 Å². The smallest absolute Gasteiger partial charge is 0.260 e. The van der Waals surface area contributed by atoms with E-state index in [4.69, 9.17) is 10.3 Å². The third-order valence-corrected chi connectivity index (χ3v) is 3.11. The lowest BCUT2D eigenvalue weighted by molar-refractivity contribution is 0.419. The molecule has 0 aliphatic heterocycles. The van der Waals surface area contributed by atoms with Crippen molar-refractivity contribution < 1.29 is 8.91 Å². The standard InChI is InChI=1S/C12H12FN3O/c1-6-4-9(6)11-15-12(17-16-11)8-3-2-7(14)5-10(8)13/h2-3,5-6,9H,4,14H2,1H3. The fourth-order valence-corrected chi connectivity index (χ4v) is 1.88. The van der Waals surface area contributed by atoms with E-state index in [2.05, 4.69) is 17.1 Å². The molecule has 1 saturated carbocycles. The molecule has 1 aromatic carbocycles. The summed E-state index contributed by atoms with van der Waals surface area (Å²) in [5, 5.41) is 3.88. The van der Waals surface area contributed by atoms with Crippen molar-refractivity contribution >= 4 is 5.69 Å². The van der Waals surface area contributed by atoms with E-state index in [0.717, 1.165) is 6.42 Å². The molecule has 2 N–H and O–H groups in total. The Hall–Kier alpha value is -1.91. The summed E-state index contributed by atoms with van der Waals surface area (Å²) in [5.74, 6) is 1.41. The first-order valence-electron chi connectivity index (χ1n) is 5.54. The molecule has 88 valence electrons. The van der Waals surface area contributed by atoms with E-state index in [1.54, 1.807) is 12.1 Å². The second-order valence-corrected chi connectivity index (χ2v) is 4.52. The fraction of sp³-hybridized carbons (Fsp3) is 0.333. The van der Waals surface area contributed by atoms with Crippen molar-refractivity contribution in [1.82, 2.24) is 10.1 Å². The molecule has 17 heavy (non-hydrogen) atoms. The van der Waals surface area contributed by atoms with E-state index in [-0.39, 0.29) is 5.89 Å². The summed E-state index contributed by atoms with van der Waals surface area (Å²) in [5.41, 5.74) is 6.15. The van der Waals surface area contributed by atoms with Crippen LogP contribution >= 0.6 is 0 Å². The SMILES string of the molecule is CC1CC1c1noc(-c2ccc(N)cc2F)n1. The summed E-state index contributed by atoms with van der Waals surface area (Å²) in [4.78, 5) is 4.22. The molecule has 5 heteroatoms. The molecule has 1 aliphatic rings. The molecule has 0 radical (unpaired) electrons. The summed E-state index contributed by atoms with van der Waals surface area (Å²) in [6.45, 7) is 2.13. The minimum Gasteiger partial charge on any atom is -0.399 e. The van der Waals surface area contributed by atoms with Gasteiger partial charge >= 0.3 is 0 Å². The Morgan fingerprint density at radius 1 is 1.47 bits per heavy atom. The van der Waals surface area contributed by atoms with Crippen LogP contribution in [0.5, 0.6) is 0 Å². The molecule has 4 nitrogen and oxygen atoms in total. The Morgan fingerprint density at radius 2 is 2.24 bits per heavy atom. The van der Waals surface area contributed by atoms with Gasteiger partial charge in [0.2, 0.25) is 0 Å². The second-order valence-electron chi connectivity index (χ2n) is 4.52. The normalized spacial score (nSPS) is 22.7. The lowest BCUT2D eigenvalue weighted by atomic mass is 10.2. The van der Waals surface area contributed by atoms with Crippen LogP contribution in [0.15, 0.2) is 22.7 Å². The average Bonchev–Trinajstić information content (AvgIpc) is 2.83. The zero-order chi connectivity index (χ0) is 12.0. The van der Waals surface area contributed by atoms with E-state index in [1.807, 2.05) is 0 Å². The maximum Gasteiger partial charge on any atom is 0.260 e. The maximum absolute atomic E-state index is 13.6. The quantitative estimate of drug-likeness (QED) is 0.809. The number of benzene rings is 1. The van der Waals surface area contributed by atoms with Gasteiger partial charge in [-0.15, -0.1) is 0 Å². The highest BCUT2D eigenvalue weighted by atomic mass is 19.1. The highest BCUT2D eigenvalue weighted by Crippen LogP contribution is 2.45. The second kappa shape index (κ2) is 3.55. The molecule has 2 atom stereocenters. The van der Waals surface area contributed by atoms with Gasteiger partial charge < -0.3 is 10.3 Å². The Labute approximate surface area is 97.6 Å². The van der Waals surface area contributed by atoms with E-state index < -0.39 is 5.82 Å². The summed E-state index contributed by atoms with van der Waals surface area (Å²) in [7, 11) is 0. The molecular weight excluding hydrogens is 221 g/mol. The van der Waals surface area contributed by atoms with Crippen LogP contribution in [-0.2, 0) is 0 Å². The molecule has 2 unspecified atom stereocenters. The molecule has 0 spiro atoms. The summed E-state index contributed by atoms with van der Waals surface area (Å²) in [6.07, 6.45) is 1.07. The first-order valence-corrected chi connectivity index (χ1v) is 5.54. The van der Waals surface area contributed by atoms with E-state index in [1.165, 1.54) is 6.07 Å². The third-order valence-electron chi connectivity index (χ3n) is 3.11. The van der Waals surface area contributed by atoms with Crippen molar-refractivity contribution in [3.8, 4) is 11.5 Å². The molecule has 3 rings (SSSR count). The largest absolute Gasteiger partial charge is 0.399 e. The molecule has 0 bridgehead atoms. The van der Waals surface area contributed by atoms with Gasteiger partial charge in [0.15, 0.2) is 5.82 Å². The number of nitrogen functional groups attached to an aromatic ring is 1. The average molecular weight is 233 g/mol. The molecule has 1 heterocycles.